The van der Waals surface area contributed by atoms with Crippen LogP contribution in [0.15, 0.2) is 0 Å². The molecule has 0 bridgehead atoms. The van der Waals surface area contributed by atoms with Gasteiger partial charge in [-0.3, -0.25) is 0 Å². The van der Waals surface area contributed by atoms with Crippen LogP contribution in [0.25, 0.3) is 0 Å². The Morgan fingerprint density at radius 1 is 1.00 bits per heavy atom. The van der Waals surface area contributed by atoms with Gasteiger partial charge in [-0.2, -0.15) is 0 Å². The lowest BCUT2D eigenvalue weighted by molar-refractivity contribution is 0.125. The molecule has 1 N–H and O–H groups in total. The van der Waals surface area contributed by atoms with Crippen LogP contribution in [0.5, 0.6) is 0 Å². The summed E-state index contributed by atoms with van der Waals surface area (Å²) in [5, 5.41) is 11.3. The van der Waals surface area contributed by atoms with Crippen molar-refractivity contribution in [1.29, 1.82) is 0 Å². The first-order valence-electron chi connectivity index (χ1n) is 7.67. The second-order valence-electron chi connectivity index (χ2n) is 8.65. The normalized spacial score (nSPS) is 21.3. The standard InChI is InChI=1S/C16H34OSi/c1-15(2,3)18(7,16(4,5)6)12-14(17)13-10-8-9-11-13/h13-14,17H,8-12H2,1-7H3/t14-/m1/s1. The van der Waals surface area contributed by atoms with E-state index in [4.69, 9.17) is 0 Å². The first-order chi connectivity index (χ1) is 7.99. The van der Waals surface area contributed by atoms with Gasteiger partial charge >= 0.3 is 0 Å². The van der Waals surface area contributed by atoms with Gasteiger partial charge in [-0.15, -0.1) is 0 Å². The largest absolute Gasteiger partial charge is 0.393 e. The molecule has 0 radical (unpaired) electrons. The first kappa shape index (κ1) is 16.2. The SMILES string of the molecule is CC(C)(C)[Si](C)(C[C@@H](O)C1CCCC1)C(C)(C)C. The second kappa shape index (κ2) is 5.28. The fraction of sp³-hybridized carbons (Fsp3) is 1.00. The van der Waals surface area contributed by atoms with Crippen LogP contribution >= 0.6 is 0 Å². The molecule has 18 heavy (non-hydrogen) atoms. The Morgan fingerprint density at radius 2 is 1.39 bits per heavy atom. The van der Waals surface area contributed by atoms with Crippen molar-refractivity contribution in [3.8, 4) is 0 Å². The summed E-state index contributed by atoms with van der Waals surface area (Å²) in [5.74, 6) is 0.585. The van der Waals surface area contributed by atoms with Crippen molar-refractivity contribution in [2.24, 2.45) is 5.92 Å². The lowest BCUT2D eigenvalue weighted by Crippen LogP contribution is -2.51. The molecule has 0 aromatic carbocycles. The zero-order valence-electron chi connectivity index (χ0n) is 13.6. The summed E-state index contributed by atoms with van der Waals surface area (Å²) in [4.78, 5) is 0. The van der Waals surface area contributed by atoms with E-state index >= 15 is 0 Å². The minimum Gasteiger partial charge on any atom is -0.393 e. The van der Waals surface area contributed by atoms with E-state index in [0.717, 1.165) is 6.04 Å². The molecule has 0 unspecified atom stereocenters. The molecule has 0 saturated heterocycles. The van der Waals surface area contributed by atoms with Crippen molar-refractivity contribution in [1.82, 2.24) is 0 Å². The minimum atomic E-state index is -1.53. The molecule has 0 heterocycles. The number of hydrogen-bond acceptors (Lipinski definition) is 1. The van der Waals surface area contributed by atoms with Gasteiger partial charge < -0.3 is 5.11 Å². The first-order valence-corrected chi connectivity index (χ1v) is 10.4. The van der Waals surface area contributed by atoms with E-state index in [0.29, 0.717) is 16.0 Å². The van der Waals surface area contributed by atoms with Gasteiger partial charge in [0.15, 0.2) is 0 Å². The molecule has 108 valence electrons. The summed E-state index contributed by atoms with van der Waals surface area (Å²) >= 11 is 0. The van der Waals surface area contributed by atoms with Gasteiger partial charge in [0.05, 0.1) is 14.2 Å². The van der Waals surface area contributed by atoms with E-state index in [1.165, 1.54) is 25.7 Å². The molecule has 0 amide bonds. The van der Waals surface area contributed by atoms with Crippen LogP contribution in [-0.2, 0) is 0 Å². The molecule has 1 saturated carbocycles. The molecule has 2 heteroatoms. The van der Waals surface area contributed by atoms with Gasteiger partial charge in [0, 0.05) is 0 Å². The van der Waals surface area contributed by atoms with Crippen molar-refractivity contribution in [3.05, 3.63) is 0 Å². The van der Waals surface area contributed by atoms with Crippen LogP contribution in [-0.4, -0.2) is 19.3 Å². The maximum Gasteiger partial charge on any atom is 0.0638 e. The third kappa shape index (κ3) is 3.19. The topological polar surface area (TPSA) is 20.2 Å². The van der Waals surface area contributed by atoms with Gasteiger partial charge in [-0.05, 0) is 34.9 Å². The predicted molar refractivity (Wildman–Crippen MR) is 83.8 cm³/mol. The van der Waals surface area contributed by atoms with E-state index in [1.807, 2.05) is 0 Å². The van der Waals surface area contributed by atoms with Crippen LogP contribution in [0.2, 0.25) is 22.7 Å². The quantitative estimate of drug-likeness (QED) is 0.697. The minimum absolute atomic E-state index is 0.0531. The fourth-order valence-electron chi connectivity index (χ4n) is 3.66. The van der Waals surface area contributed by atoms with Gasteiger partial charge in [-0.1, -0.05) is 60.9 Å². The van der Waals surface area contributed by atoms with Crippen molar-refractivity contribution in [2.75, 3.05) is 0 Å². The molecule has 0 spiro atoms. The molecule has 0 aromatic heterocycles. The van der Waals surface area contributed by atoms with Crippen LogP contribution in [0.4, 0.5) is 0 Å². The Balaban J connectivity index is 2.86. The predicted octanol–water partition coefficient (Wildman–Crippen LogP) is 5.22. The van der Waals surface area contributed by atoms with Crippen molar-refractivity contribution < 1.29 is 5.11 Å². The maximum absolute atomic E-state index is 10.6. The summed E-state index contributed by atoms with van der Waals surface area (Å²) in [6.45, 7) is 16.8. The van der Waals surface area contributed by atoms with Gasteiger partial charge in [0.2, 0.25) is 0 Å². The maximum atomic E-state index is 10.6. The summed E-state index contributed by atoms with van der Waals surface area (Å²) in [5.41, 5.74) is 0. The zero-order chi connectivity index (χ0) is 14.2. The summed E-state index contributed by atoms with van der Waals surface area (Å²) in [7, 11) is -1.53. The van der Waals surface area contributed by atoms with Crippen LogP contribution < -0.4 is 0 Å². The molecular formula is C16H34OSi. The monoisotopic (exact) mass is 270 g/mol. The van der Waals surface area contributed by atoms with Crippen molar-refractivity contribution in [3.63, 3.8) is 0 Å². The second-order valence-corrected chi connectivity index (χ2v) is 14.7. The number of aliphatic hydroxyl groups excluding tert-OH is 1. The molecule has 1 atom stereocenters. The number of aliphatic hydroxyl groups is 1. The fourth-order valence-corrected chi connectivity index (χ4v) is 8.31. The molecule has 1 nitrogen and oxygen atoms in total. The van der Waals surface area contributed by atoms with E-state index < -0.39 is 8.07 Å². The molecule has 0 aliphatic heterocycles. The molecule has 1 rings (SSSR count). The molecular weight excluding hydrogens is 236 g/mol. The third-order valence-corrected chi connectivity index (χ3v) is 13.7. The van der Waals surface area contributed by atoms with Crippen LogP contribution in [0.3, 0.4) is 0 Å². The Morgan fingerprint density at radius 3 is 1.72 bits per heavy atom. The lowest BCUT2D eigenvalue weighted by atomic mass is 10.0. The average molecular weight is 271 g/mol. The number of rotatable bonds is 3. The van der Waals surface area contributed by atoms with Crippen LogP contribution in [0, 0.1) is 5.92 Å². The van der Waals surface area contributed by atoms with E-state index in [2.05, 4.69) is 48.1 Å². The summed E-state index contributed by atoms with van der Waals surface area (Å²) in [6, 6.07) is 1.07. The smallest absolute Gasteiger partial charge is 0.0638 e. The molecule has 0 aromatic rings. The third-order valence-electron chi connectivity index (χ3n) is 5.87. The highest BCUT2D eigenvalue weighted by Gasteiger charge is 2.50. The summed E-state index contributed by atoms with van der Waals surface area (Å²) in [6.07, 6.45) is 5.10. The van der Waals surface area contributed by atoms with Crippen LogP contribution in [0.1, 0.15) is 67.2 Å². The lowest BCUT2D eigenvalue weighted by Gasteiger charge is -2.51. The highest BCUT2D eigenvalue weighted by molar-refractivity contribution is 6.84. The van der Waals surface area contributed by atoms with E-state index in [1.54, 1.807) is 0 Å². The molecule has 1 aliphatic rings. The highest BCUT2D eigenvalue weighted by Crippen LogP contribution is 2.54. The Hall–Kier alpha value is 0.177. The Kier molecular flexibility index (Phi) is 4.76. The average Bonchev–Trinajstić information content (AvgIpc) is 2.66. The summed E-state index contributed by atoms with van der Waals surface area (Å²) < 4.78 is 0. The van der Waals surface area contributed by atoms with Crippen molar-refractivity contribution >= 4 is 8.07 Å². The molecule has 1 fully saturated rings. The highest BCUT2D eigenvalue weighted by atomic mass is 28.3. The Labute approximate surface area is 115 Å². The van der Waals surface area contributed by atoms with E-state index in [-0.39, 0.29) is 6.10 Å². The number of hydrogen-bond donors (Lipinski definition) is 1. The van der Waals surface area contributed by atoms with Crippen molar-refractivity contribution in [2.45, 2.75) is 96.0 Å². The Bertz CT molecular complexity index is 252. The van der Waals surface area contributed by atoms with Gasteiger partial charge in [0.25, 0.3) is 0 Å². The zero-order valence-corrected chi connectivity index (χ0v) is 14.6. The van der Waals surface area contributed by atoms with Gasteiger partial charge in [0.1, 0.15) is 0 Å². The van der Waals surface area contributed by atoms with Gasteiger partial charge in [-0.25, -0.2) is 0 Å². The van der Waals surface area contributed by atoms with E-state index in [9.17, 15) is 5.11 Å². The molecule has 1 aliphatic carbocycles.